The number of aliphatic hydroxyl groups excluding tert-OH is 1. The van der Waals surface area contributed by atoms with E-state index in [0.29, 0.717) is 24.3 Å². The van der Waals surface area contributed by atoms with Gasteiger partial charge in [-0.15, -0.1) is 0 Å². The van der Waals surface area contributed by atoms with E-state index in [1.807, 2.05) is 36.4 Å². The Morgan fingerprint density at radius 2 is 2.03 bits per heavy atom. The molecule has 2 aliphatic rings. The van der Waals surface area contributed by atoms with Crippen LogP contribution in [0.3, 0.4) is 0 Å². The lowest BCUT2D eigenvalue weighted by molar-refractivity contribution is -0.139. The predicted octanol–water partition coefficient (Wildman–Crippen LogP) is 4.35. The summed E-state index contributed by atoms with van der Waals surface area (Å²) in [6, 6.07) is 13.4. The van der Waals surface area contributed by atoms with Crippen molar-refractivity contribution in [3.05, 3.63) is 73.8 Å². The molecular formula is C26H28BrIN2O4. The van der Waals surface area contributed by atoms with Crippen molar-refractivity contribution in [2.75, 3.05) is 18.1 Å². The van der Waals surface area contributed by atoms with Gasteiger partial charge in [-0.2, -0.15) is 0 Å². The fourth-order valence-electron chi connectivity index (χ4n) is 4.83. The molecule has 2 heterocycles. The summed E-state index contributed by atoms with van der Waals surface area (Å²) >= 11 is 5.71. The molecule has 1 fully saturated rings. The van der Waals surface area contributed by atoms with Gasteiger partial charge in [-0.05, 0) is 71.3 Å². The van der Waals surface area contributed by atoms with E-state index in [1.165, 1.54) is 0 Å². The number of benzene rings is 2. The van der Waals surface area contributed by atoms with E-state index in [4.69, 9.17) is 0 Å². The molecule has 34 heavy (non-hydrogen) atoms. The minimum atomic E-state index is -1.73. The van der Waals surface area contributed by atoms with E-state index in [-0.39, 0.29) is 30.9 Å². The lowest BCUT2D eigenvalue weighted by Gasteiger charge is -2.28. The maximum atomic E-state index is 13.6. The molecule has 6 nitrogen and oxygen atoms in total. The molecule has 2 amide bonds. The number of anilines is 1. The monoisotopic (exact) mass is 638 g/mol. The average molecular weight is 639 g/mol. The normalized spacial score (nSPS) is 23.1. The Bertz CT molecular complexity index is 1110. The van der Waals surface area contributed by atoms with E-state index < -0.39 is 11.5 Å². The van der Waals surface area contributed by atoms with Crippen LogP contribution in [-0.2, 0) is 21.7 Å². The number of amides is 2. The zero-order chi connectivity index (χ0) is 24.5. The molecule has 0 aromatic heterocycles. The second-order valence-corrected chi connectivity index (χ2v) is 11.1. The van der Waals surface area contributed by atoms with Crippen LogP contribution in [-0.4, -0.2) is 46.1 Å². The summed E-state index contributed by atoms with van der Waals surface area (Å²) in [7, 11) is 0. The SMILES string of the molecule is C[C@@H](/C=C/CC(=O)N1CCC[C@H]1CO)[C@]1(O)C(=O)N(Cc2ccc(I)cc2)c2ccc(Br)cc21. The number of aliphatic hydroxyl groups is 2. The fourth-order valence-corrected chi connectivity index (χ4v) is 5.55. The highest BCUT2D eigenvalue weighted by Gasteiger charge is 2.52. The summed E-state index contributed by atoms with van der Waals surface area (Å²) in [6.45, 7) is 2.79. The Morgan fingerprint density at radius 3 is 2.74 bits per heavy atom. The van der Waals surface area contributed by atoms with Crippen molar-refractivity contribution in [1.82, 2.24) is 4.90 Å². The van der Waals surface area contributed by atoms with Crippen LogP contribution in [0.2, 0.25) is 0 Å². The van der Waals surface area contributed by atoms with Crippen LogP contribution >= 0.6 is 38.5 Å². The molecule has 2 aliphatic heterocycles. The van der Waals surface area contributed by atoms with Crippen molar-refractivity contribution in [3.63, 3.8) is 0 Å². The van der Waals surface area contributed by atoms with Crippen molar-refractivity contribution in [2.45, 2.75) is 44.4 Å². The summed E-state index contributed by atoms with van der Waals surface area (Å²) in [5.41, 5.74) is 0.488. The Morgan fingerprint density at radius 1 is 1.29 bits per heavy atom. The van der Waals surface area contributed by atoms with Gasteiger partial charge in [0, 0.05) is 32.5 Å². The highest BCUT2D eigenvalue weighted by atomic mass is 127. The first-order chi connectivity index (χ1) is 16.3. The predicted molar refractivity (Wildman–Crippen MR) is 143 cm³/mol. The number of carbonyl (C=O) groups excluding carboxylic acids is 2. The molecule has 0 radical (unpaired) electrons. The van der Waals surface area contributed by atoms with E-state index in [9.17, 15) is 19.8 Å². The molecule has 2 aromatic carbocycles. The Hall–Kier alpha value is -1.75. The average Bonchev–Trinajstić information content (AvgIpc) is 3.38. The van der Waals surface area contributed by atoms with Crippen LogP contribution in [0.4, 0.5) is 5.69 Å². The van der Waals surface area contributed by atoms with Crippen molar-refractivity contribution >= 4 is 56.0 Å². The van der Waals surface area contributed by atoms with Gasteiger partial charge in [-0.1, -0.05) is 47.1 Å². The zero-order valence-electron chi connectivity index (χ0n) is 19.0. The van der Waals surface area contributed by atoms with Gasteiger partial charge in [0.25, 0.3) is 5.91 Å². The smallest absolute Gasteiger partial charge is 0.264 e. The molecule has 0 bridgehead atoms. The van der Waals surface area contributed by atoms with Gasteiger partial charge < -0.3 is 20.0 Å². The summed E-state index contributed by atoms with van der Waals surface area (Å²) in [5.74, 6) is -0.967. The third kappa shape index (κ3) is 4.82. The topological polar surface area (TPSA) is 81.1 Å². The third-order valence-electron chi connectivity index (χ3n) is 6.77. The standard InChI is InChI=1S/C26H28BrIN2O4/c1-17(4-2-6-24(32)29-13-3-5-21(29)16-31)26(34)22-14-19(27)9-12-23(22)30(25(26)33)15-18-7-10-20(28)11-8-18/h2,4,7-12,14,17,21,31,34H,3,5-6,13,15-16H2,1H3/b4-2+/t17-,21-,26+/m0/s1. The van der Waals surface area contributed by atoms with E-state index in [1.54, 1.807) is 34.9 Å². The molecule has 2 N–H and O–H groups in total. The second-order valence-electron chi connectivity index (χ2n) is 8.93. The molecule has 0 spiro atoms. The molecule has 3 atom stereocenters. The largest absolute Gasteiger partial charge is 0.394 e. The first-order valence-corrected chi connectivity index (χ1v) is 13.3. The number of nitrogens with zero attached hydrogens (tertiary/aromatic N) is 2. The van der Waals surface area contributed by atoms with Gasteiger partial charge in [0.15, 0.2) is 5.60 Å². The summed E-state index contributed by atoms with van der Waals surface area (Å²) in [4.78, 5) is 29.6. The number of hydrogen-bond donors (Lipinski definition) is 2. The number of likely N-dealkylation sites (tertiary alicyclic amines) is 1. The van der Waals surface area contributed by atoms with Crippen molar-refractivity contribution in [2.24, 2.45) is 5.92 Å². The molecule has 2 aromatic rings. The van der Waals surface area contributed by atoms with Gasteiger partial charge in [-0.25, -0.2) is 0 Å². The molecule has 0 saturated carbocycles. The number of fused-ring (bicyclic) bond motifs is 1. The highest BCUT2D eigenvalue weighted by Crippen LogP contribution is 2.46. The van der Waals surface area contributed by atoms with Crippen molar-refractivity contribution in [1.29, 1.82) is 0 Å². The molecule has 1 saturated heterocycles. The summed E-state index contributed by atoms with van der Waals surface area (Å²) < 4.78 is 1.89. The summed E-state index contributed by atoms with van der Waals surface area (Å²) in [6.07, 6.45) is 5.36. The van der Waals surface area contributed by atoms with Gasteiger partial charge in [-0.3, -0.25) is 9.59 Å². The summed E-state index contributed by atoms with van der Waals surface area (Å²) in [5, 5.41) is 21.2. The maximum Gasteiger partial charge on any atom is 0.264 e. The van der Waals surface area contributed by atoms with Crippen LogP contribution in [0.25, 0.3) is 0 Å². The van der Waals surface area contributed by atoms with Crippen LogP contribution in [0.1, 0.15) is 37.3 Å². The van der Waals surface area contributed by atoms with E-state index >= 15 is 0 Å². The zero-order valence-corrected chi connectivity index (χ0v) is 22.7. The van der Waals surface area contributed by atoms with Crippen molar-refractivity contribution < 1.29 is 19.8 Å². The minimum Gasteiger partial charge on any atom is -0.394 e. The molecule has 8 heteroatoms. The third-order valence-corrected chi connectivity index (χ3v) is 7.98. The fraction of sp³-hybridized carbons (Fsp3) is 0.385. The lowest BCUT2D eigenvalue weighted by Crippen LogP contribution is -2.44. The second kappa shape index (κ2) is 10.5. The van der Waals surface area contributed by atoms with Gasteiger partial charge in [0.05, 0.1) is 24.9 Å². The lowest BCUT2D eigenvalue weighted by atomic mass is 9.83. The number of hydrogen-bond acceptors (Lipinski definition) is 4. The molecule has 4 rings (SSSR count). The Labute approximate surface area is 221 Å². The van der Waals surface area contributed by atoms with E-state index in [2.05, 4.69) is 38.5 Å². The molecule has 0 aliphatic carbocycles. The first-order valence-electron chi connectivity index (χ1n) is 11.4. The van der Waals surface area contributed by atoms with Crippen LogP contribution in [0.5, 0.6) is 0 Å². The van der Waals surface area contributed by atoms with E-state index in [0.717, 1.165) is 26.4 Å². The Kier molecular flexibility index (Phi) is 7.81. The van der Waals surface area contributed by atoms with Crippen LogP contribution < -0.4 is 4.90 Å². The minimum absolute atomic E-state index is 0.0256. The first kappa shape index (κ1) is 25.3. The Balaban J connectivity index is 1.55. The molecule has 0 unspecified atom stereocenters. The molecular weight excluding hydrogens is 611 g/mol. The van der Waals surface area contributed by atoms with Crippen LogP contribution in [0, 0.1) is 9.49 Å². The van der Waals surface area contributed by atoms with Gasteiger partial charge in [0.1, 0.15) is 0 Å². The number of rotatable bonds is 7. The highest BCUT2D eigenvalue weighted by molar-refractivity contribution is 14.1. The van der Waals surface area contributed by atoms with Crippen molar-refractivity contribution in [3.8, 4) is 0 Å². The van der Waals surface area contributed by atoms with Gasteiger partial charge >= 0.3 is 0 Å². The van der Waals surface area contributed by atoms with Gasteiger partial charge in [0.2, 0.25) is 5.91 Å². The molecule has 180 valence electrons. The number of halogens is 2. The maximum absolute atomic E-state index is 13.6. The van der Waals surface area contributed by atoms with Crippen LogP contribution in [0.15, 0.2) is 59.1 Å². The number of carbonyl (C=O) groups is 2. The quantitative estimate of drug-likeness (QED) is 0.349.